The molecule has 3 nitrogen and oxygen atoms in total. The van der Waals surface area contributed by atoms with Crippen molar-refractivity contribution in [3.05, 3.63) is 39.9 Å². The molecule has 0 saturated carbocycles. The molecule has 0 aliphatic carbocycles. The van der Waals surface area contributed by atoms with Gasteiger partial charge in [-0.3, -0.25) is 4.57 Å². The molecule has 0 atom stereocenters. The van der Waals surface area contributed by atoms with Crippen molar-refractivity contribution in [2.45, 2.75) is 25.2 Å². The van der Waals surface area contributed by atoms with Crippen molar-refractivity contribution < 1.29 is 13.6 Å². The van der Waals surface area contributed by atoms with E-state index in [1.54, 1.807) is 35.3 Å². The van der Waals surface area contributed by atoms with E-state index in [0.29, 0.717) is 13.2 Å². The lowest BCUT2D eigenvalue weighted by atomic mass is 10.4. The zero-order chi connectivity index (χ0) is 16.5. The molecule has 7 heteroatoms. The van der Waals surface area contributed by atoms with E-state index in [9.17, 15) is 4.57 Å². The van der Waals surface area contributed by atoms with E-state index >= 15 is 0 Å². The van der Waals surface area contributed by atoms with E-state index < -0.39 is 7.60 Å². The summed E-state index contributed by atoms with van der Waals surface area (Å²) in [4.78, 5) is 1.23. The largest absolute Gasteiger partial charge is 0.358 e. The highest BCUT2D eigenvalue weighted by Crippen LogP contribution is 2.62. The molecule has 2 rings (SSSR count). The second-order valence-electron chi connectivity index (χ2n) is 4.68. The molecule has 128 valence electrons. The predicted molar refractivity (Wildman–Crippen MR) is 105 cm³/mol. The van der Waals surface area contributed by atoms with Crippen LogP contribution >= 0.6 is 42.9 Å². The Kier molecular flexibility index (Phi) is 8.66. The zero-order valence-electron chi connectivity index (χ0n) is 13.5. The lowest BCUT2D eigenvalue weighted by Gasteiger charge is -2.21. The Morgan fingerprint density at radius 3 is 2.30 bits per heavy atom. The SMILES string of the molecule is CCOP(=O)(OCC)C(CCSc1ccccc1)=C1SCCS1. The molecule has 1 saturated heterocycles. The summed E-state index contributed by atoms with van der Waals surface area (Å²) in [5, 5.41) is 0.872. The van der Waals surface area contributed by atoms with Crippen LogP contribution in [0.25, 0.3) is 0 Å². The minimum absolute atomic E-state index is 0.398. The first-order valence-corrected chi connectivity index (χ1v) is 12.3. The molecule has 1 aliphatic heterocycles. The van der Waals surface area contributed by atoms with Gasteiger partial charge in [0.25, 0.3) is 0 Å². The van der Waals surface area contributed by atoms with Gasteiger partial charge in [-0.25, -0.2) is 0 Å². The number of thioether (sulfide) groups is 3. The molecule has 0 aromatic heterocycles. The van der Waals surface area contributed by atoms with E-state index in [1.807, 2.05) is 32.0 Å². The average Bonchev–Trinajstić information content (AvgIpc) is 3.07. The Morgan fingerprint density at radius 2 is 1.74 bits per heavy atom. The van der Waals surface area contributed by atoms with Crippen molar-refractivity contribution in [2.75, 3.05) is 30.5 Å². The van der Waals surface area contributed by atoms with E-state index in [1.165, 1.54) is 4.90 Å². The van der Waals surface area contributed by atoms with Crippen molar-refractivity contribution in [1.82, 2.24) is 0 Å². The van der Waals surface area contributed by atoms with Crippen LogP contribution in [0.15, 0.2) is 44.8 Å². The van der Waals surface area contributed by atoms with Gasteiger partial charge in [0.15, 0.2) is 0 Å². The van der Waals surface area contributed by atoms with Crippen LogP contribution in [0.1, 0.15) is 20.3 Å². The fourth-order valence-corrected chi connectivity index (χ4v) is 8.33. The standard InChI is InChI=1S/C16H23O3PS3/c1-3-18-20(17,19-4-2)15(16-22-12-13-23-16)10-11-21-14-8-6-5-7-9-14/h5-9H,3-4,10-13H2,1-2H3. The first-order valence-electron chi connectivity index (χ1n) is 7.76. The van der Waals surface area contributed by atoms with E-state index in [4.69, 9.17) is 9.05 Å². The minimum Gasteiger partial charge on any atom is -0.306 e. The van der Waals surface area contributed by atoms with Gasteiger partial charge in [0.1, 0.15) is 0 Å². The molecule has 1 fully saturated rings. The molecule has 0 amide bonds. The maximum atomic E-state index is 13.2. The maximum Gasteiger partial charge on any atom is 0.358 e. The molecular formula is C16H23O3PS3. The smallest absolute Gasteiger partial charge is 0.306 e. The van der Waals surface area contributed by atoms with Gasteiger partial charge < -0.3 is 9.05 Å². The highest BCUT2D eigenvalue weighted by Gasteiger charge is 2.33. The summed E-state index contributed by atoms with van der Waals surface area (Å²) in [5.41, 5.74) is 0. The average molecular weight is 391 g/mol. The molecule has 1 heterocycles. The number of benzene rings is 1. The maximum absolute atomic E-state index is 13.2. The fourth-order valence-electron chi connectivity index (χ4n) is 2.14. The zero-order valence-corrected chi connectivity index (χ0v) is 16.9. The third-order valence-corrected chi connectivity index (χ3v) is 9.48. The lowest BCUT2D eigenvalue weighted by molar-refractivity contribution is 0.225. The van der Waals surface area contributed by atoms with E-state index in [-0.39, 0.29) is 0 Å². The molecule has 1 aromatic carbocycles. The summed E-state index contributed by atoms with van der Waals surface area (Å²) in [6, 6.07) is 10.3. The van der Waals surface area contributed by atoms with Gasteiger partial charge in [0.2, 0.25) is 0 Å². The van der Waals surface area contributed by atoms with Crippen LogP contribution in [-0.2, 0) is 13.6 Å². The quantitative estimate of drug-likeness (QED) is 0.375. The van der Waals surface area contributed by atoms with Gasteiger partial charge in [-0.1, -0.05) is 18.2 Å². The Bertz CT molecular complexity index is 545. The first-order chi connectivity index (χ1) is 11.2. The van der Waals surface area contributed by atoms with Gasteiger partial charge in [-0.05, 0) is 32.4 Å². The molecule has 0 bridgehead atoms. The van der Waals surface area contributed by atoms with Crippen molar-refractivity contribution in [3.63, 3.8) is 0 Å². The molecule has 1 aromatic rings. The Balaban J connectivity index is 2.11. The van der Waals surface area contributed by atoms with Crippen LogP contribution in [0.2, 0.25) is 0 Å². The number of hydrogen-bond acceptors (Lipinski definition) is 6. The van der Waals surface area contributed by atoms with Gasteiger partial charge in [0, 0.05) is 22.2 Å². The summed E-state index contributed by atoms with van der Waals surface area (Å²) in [5.74, 6) is 3.00. The second-order valence-corrected chi connectivity index (χ2v) is 10.4. The van der Waals surface area contributed by atoms with Crippen LogP contribution in [0, 0.1) is 0 Å². The van der Waals surface area contributed by atoms with Gasteiger partial charge in [-0.15, -0.1) is 35.3 Å². The Morgan fingerprint density at radius 1 is 1.13 bits per heavy atom. The molecule has 1 aliphatic rings. The van der Waals surface area contributed by atoms with Crippen LogP contribution < -0.4 is 0 Å². The van der Waals surface area contributed by atoms with Crippen LogP contribution in [0.5, 0.6) is 0 Å². The van der Waals surface area contributed by atoms with Gasteiger partial charge >= 0.3 is 7.60 Å². The number of hydrogen-bond donors (Lipinski definition) is 0. The van der Waals surface area contributed by atoms with Crippen molar-refractivity contribution >= 4 is 42.9 Å². The van der Waals surface area contributed by atoms with Crippen LogP contribution in [0.3, 0.4) is 0 Å². The van der Waals surface area contributed by atoms with Crippen molar-refractivity contribution in [2.24, 2.45) is 0 Å². The molecule has 0 radical (unpaired) electrons. The normalized spacial score (nSPS) is 15.1. The monoisotopic (exact) mass is 390 g/mol. The second kappa shape index (κ2) is 10.2. The fraction of sp³-hybridized carbons (Fsp3) is 0.500. The lowest BCUT2D eigenvalue weighted by Crippen LogP contribution is -2.01. The van der Waals surface area contributed by atoms with Crippen LogP contribution in [-0.4, -0.2) is 30.5 Å². The van der Waals surface area contributed by atoms with Crippen molar-refractivity contribution in [1.29, 1.82) is 0 Å². The highest BCUT2D eigenvalue weighted by atomic mass is 32.2. The molecule has 23 heavy (non-hydrogen) atoms. The minimum atomic E-state index is -3.18. The van der Waals surface area contributed by atoms with Gasteiger partial charge in [0.05, 0.1) is 22.8 Å². The summed E-state index contributed by atoms with van der Waals surface area (Å²) in [6.45, 7) is 4.52. The molecular weight excluding hydrogens is 367 g/mol. The third-order valence-electron chi connectivity index (χ3n) is 3.06. The first kappa shape index (κ1) is 19.5. The topological polar surface area (TPSA) is 35.5 Å². The van der Waals surface area contributed by atoms with E-state index in [2.05, 4.69) is 12.1 Å². The summed E-state index contributed by atoms with van der Waals surface area (Å²) >= 11 is 5.33. The summed E-state index contributed by atoms with van der Waals surface area (Å²) < 4.78 is 25.5. The predicted octanol–water partition coefficient (Wildman–Crippen LogP) is 6.08. The number of rotatable bonds is 9. The summed E-state index contributed by atoms with van der Waals surface area (Å²) in [6.07, 6.45) is 0.728. The molecule has 0 spiro atoms. The van der Waals surface area contributed by atoms with E-state index in [0.717, 1.165) is 33.2 Å². The Hall–Kier alpha value is 0.160. The molecule has 0 unspecified atom stereocenters. The highest BCUT2D eigenvalue weighted by molar-refractivity contribution is 8.25. The molecule has 0 N–H and O–H groups in total. The summed E-state index contributed by atoms with van der Waals surface area (Å²) in [7, 11) is -3.18. The van der Waals surface area contributed by atoms with Crippen molar-refractivity contribution in [3.8, 4) is 0 Å². The van der Waals surface area contributed by atoms with Gasteiger partial charge in [-0.2, -0.15) is 0 Å². The third kappa shape index (κ3) is 5.87. The number of allylic oxidation sites excluding steroid dienone is 1. The Labute approximate surface area is 151 Å². The van der Waals surface area contributed by atoms with Crippen LogP contribution in [0.4, 0.5) is 0 Å².